The number of aromatic hydroxyl groups is 1. The molecular weight excluding hydrogens is 282 g/mol. The van der Waals surface area contributed by atoms with Crippen LogP contribution in [0.5, 0.6) is 5.75 Å². The van der Waals surface area contributed by atoms with Crippen LogP contribution in [-0.4, -0.2) is 16.1 Å². The van der Waals surface area contributed by atoms with Crippen LogP contribution in [0.2, 0.25) is 0 Å². The molecule has 0 amide bonds. The normalized spacial score (nSPS) is 10.4. The first-order valence-electron chi connectivity index (χ1n) is 6.68. The van der Waals surface area contributed by atoms with Crippen molar-refractivity contribution in [2.45, 2.75) is 6.61 Å². The molecule has 0 spiro atoms. The third-order valence-corrected chi connectivity index (χ3v) is 3.02. The van der Waals surface area contributed by atoms with Crippen molar-refractivity contribution in [2.75, 3.05) is 0 Å². The summed E-state index contributed by atoms with van der Waals surface area (Å²) in [5.41, 5.74) is 1.18. The summed E-state index contributed by atoms with van der Waals surface area (Å²) in [7, 11) is 0. The summed E-state index contributed by atoms with van der Waals surface area (Å²) in [6.45, 7) is -0.0681. The fourth-order valence-electron chi connectivity index (χ4n) is 1.96. The highest BCUT2D eigenvalue weighted by Gasteiger charge is 2.11. The molecular formula is C17H13NO4. The highest BCUT2D eigenvalue weighted by molar-refractivity contribution is 5.89. The maximum absolute atomic E-state index is 11.8. The van der Waals surface area contributed by atoms with E-state index in [-0.39, 0.29) is 17.9 Å². The van der Waals surface area contributed by atoms with Crippen LogP contribution in [0.15, 0.2) is 65.2 Å². The van der Waals surface area contributed by atoms with Crippen LogP contribution >= 0.6 is 0 Å². The summed E-state index contributed by atoms with van der Waals surface area (Å²) in [6, 6.07) is 15.5. The lowest BCUT2D eigenvalue weighted by molar-refractivity contribution is 0.0438. The Morgan fingerprint density at radius 1 is 1.14 bits per heavy atom. The largest absolute Gasteiger partial charge is 0.508 e. The van der Waals surface area contributed by atoms with Gasteiger partial charge in [-0.3, -0.25) is 0 Å². The lowest BCUT2D eigenvalue weighted by Gasteiger charge is -2.02. The third kappa shape index (κ3) is 3.15. The number of phenols is 1. The van der Waals surface area contributed by atoms with E-state index in [2.05, 4.69) is 4.98 Å². The minimum atomic E-state index is -0.546. The average Bonchev–Trinajstić information content (AvgIpc) is 3.02. The van der Waals surface area contributed by atoms with Crippen LogP contribution in [-0.2, 0) is 11.3 Å². The van der Waals surface area contributed by atoms with Gasteiger partial charge in [0, 0.05) is 5.56 Å². The fraction of sp³-hybridized carbons (Fsp3) is 0.0588. The highest BCUT2D eigenvalue weighted by atomic mass is 16.5. The molecule has 0 atom stereocenters. The van der Waals surface area contributed by atoms with E-state index in [4.69, 9.17) is 9.15 Å². The van der Waals surface area contributed by atoms with Crippen molar-refractivity contribution in [2.24, 2.45) is 0 Å². The first-order valence-corrected chi connectivity index (χ1v) is 6.68. The predicted molar refractivity (Wildman–Crippen MR) is 79.2 cm³/mol. The van der Waals surface area contributed by atoms with Crippen molar-refractivity contribution < 1.29 is 19.1 Å². The number of hydrogen-bond acceptors (Lipinski definition) is 5. The predicted octanol–water partition coefficient (Wildman–Crippen LogP) is 3.40. The zero-order valence-electron chi connectivity index (χ0n) is 11.6. The van der Waals surface area contributed by atoms with Crippen molar-refractivity contribution in [3.05, 3.63) is 72.2 Å². The van der Waals surface area contributed by atoms with Crippen LogP contribution in [0, 0.1) is 0 Å². The fourth-order valence-corrected chi connectivity index (χ4v) is 1.96. The van der Waals surface area contributed by atoms with Crippen LogP contribution in [0.1, 0.15) is 16.2 Å². The van der Waals surface area contributed by atoms with E-state index >= 15 is 0 Å². The molecule has 5 heteroatoms. The number of hydrogen-bond donors (Lipinski definition) is 1. The molecule has 3 aromatic rings. The summed E-state index contributed by atoms with van der Waals surface area (Å²) in [6.07, 6.45) is 1.59. The molecule has 110 valence electrons. The van der Waals surface area contributed by atoms with Crippen molar-refractivity contribution in [3.8, 4) is 17.1 Å². The van der Waals surface area contributed by atoms with Crippen LogP contribution in [0.3, 0.4) is 0 Å². The molecule has 0 radical (unpaired) electrons. The van der Waals surface area contributed by atoms with E-state index in [9.17, 15) is 9.90 Å². The molecule has 3 rings (SSSR count). The molecule has 0 aliphatic heterocycles. The zero-order valence-corrected chi connectivity index (χ0v) is 11.6. The minimum absolute atomic E-state index is 0.0111. The molecule has 1 heterocycles. The standard InChI is InChI=1S/C17H13NO4/c19-14-8-4-7-13(9-14)17(20)21-11-16-18-10-15(22-16)12-5-2-1-3-6-12/h1-10,19H,11H2. The van der Waals surface area contributed by atoms with Crippen molar-refractivity contribution in [1.82, 2.24) is 4.98 Å². The Kier molecular flexibility index (Phi) is 3.87. The molecule has 2 aromatic carbocycles. The monoisotopic (exact) mass is 295 g/mol. The molecule has 0 unspecified atom stereocenters. The number of ether oxygens (including phenoxy) is 1. The van der Waals surface area contributed by atoms with E-state index in [0.29, 0.717) is 11.7 Å². The Labute approximate surface area is 126 Å². The zero-order chi connectivity index (χ0) is 15.4. The van der Waals surface area contributed by atoms with Gasteiger partial charge in [-0.1, -0.05) is 36.4 Å². The number of nitrogens with zero attached hydrogens (tertiary/aromatic N) is 1. The maximum Gasteiger partial charge on any atom is 0.338 e. The van der Waals surface area contributed by atoms with Gasteiger partial charge in [0.05, 0.1) is 11.8 Å². The molecule has 0 aliphatic carbocycles. The number of aromatic nitrogens is 1. The molecule has 5 nitrogen and oxygen atoms in total. The first kappa shape index (κ1) is 13.9. The molecule has 1 aromatic heterocycles. The lowest BCUT2D eigenvalue weighted by atomic mass is 10.2. The van der Waals surface area contributed by atoms with Gasteiger partial charge in [0.2, 0.25) is 5.89 Å². The Balaban J connectivity index is 1.65. The van der Waals surface area contributed by atoms with Crippen LogP contribution in [0.4, 0.5) is 0 Å². The number of esters is 1. The first-order chi connectivity index (χ1) is 10.7. The third-order valence-electron chi connectivity index (χ3n) is 3.02. The quantitative estimate of drug-likeness (QED) is 0.747. The number of phenolic OH excluding ortho intramolecular Hbond substituents is 1. The maximum atomic E-state index is 11.8. The van der Waals surface area contributed by atoms with Gasteiger partial charge < -0.3 is 14.3 Å². The van der Waals surface area contributed by atoms with Gasteiger partial charge in [0.25, 0.3) is 0 Å². The Bertz CT molecular complexity index is 780. The van der Waals surface area contributed by atoms with E-state index in [1.54, 1.807) is 18.3 Å². The lowest BCUT2D eigenvalue weighted by Crippen LogP contribution is -2.05. The molecule has 0 bridgehead atoms. The second-order valence-electron chi connectivity index (χ2n) is 4.61. The van der Waals surface area contributed by atoms with Gasteiger partial charge in [-0.25, -0.2) is 9.78 Å². The average molecular weight is 295 g/mol. The van der Waals surface area contributed by atoms with Crippen molar-refractivity contribution >= 4 is 5.97 Å². The van der Waals surface area contributed by atoms with E-state index in [0.717, 1.165) is 5.56 Å². The van der Waals surface area contributed by atoms with Gasteiger partial charge in [-0.2, -0.15) is 0 Å². The van der Waals surface area contributed by atoms with Crippen LogP contribution < -0.4 is 0 Å². The highest BCUT2D eigenvalue weighted by Crippen LogP contribution is 2.20. The second kappa shape index (κ2) is 6.13. The number of benzene rings is 2. The topological polar surface area (TPSA) is 72.6 Å². The SMILES string of the molecule is O=C(OCc1ncc(-c2ccccc2)o1)c1cccc(O)c1. The van der Waals surface area contributed by atoms with Crippen LogP contribution in [0.25, 0.3) is 11.3 Å². The Morgan fingerprint density at radius 2 is 1.95 bits per heavy atom. The van der Waals surface area contributed by atoms with E-state index in [1.165, 1.54) is 12.1 Å². The number of carbonyl (C=O) groups is 1. The Morgan fingerprint density at radius 3 is 2.73 bits per heavy atom. The smallest absolute Gasteiger partial charge is 0.338 e. The van der Waals surface area contributed by atoms with Gasteiger partial charge in [0.1, 0.15) is 5.75 Å². The van der Waals surface area contributed by atoms with Gasteiger partial charge in [0.15, 0.2) is 12.4 Å². The summed E-state index contributed by atoms with van der Waals surface area (Å²) in [5.74, 6) is 0.392. The molecule has 0 aliphatic rings. The number of oxazole rings is 1. The second-order valence-corrected chi connectivity index (χ2v) is 4.61. The summed E-state index contributed by atoms with van der Waals surface area (Å²) in [4.78, 5) is 15.9. The van der Waals surface area contributed by atoms with E-state index < -0.39 is 5.97 Å². The van der Waals surface area contributed by atoms with Crippen molar-refractivity contribution in [1.29, 1.82) is 0 Å². The molecule has 0 saturated heterocycles. The molecule has 0 fully saturated rings. The van der Waals surface area contributed by atoms with Gasteiger partial charge in [-0.15, -0.1) is 0 Å². The Hall–Kier alpha value is -3.08. The van der Waals surface area contributed by atoms with Crippen molar-refractivity contribution in [3.63, 3.8) is 0 Å². The summed E-state index contributed by atoms with van der Waals surface area (Å²) in [5, 5.41) is 9.34. The molecule has 22 heavy (non-hydrogen) atoms. The van der Waals surface area contributed by atoms with E-state index in [1.807, 2.05) is 30.3 Å². The summed E-state index contributed by atoms with van der Waals surface area (Å²) < 4.78 is 10.7. The summed E-state index contributed by atoms with van der Waals surface area (Å²) >= 11 is 0. The van der Waals surface area contributed by atoms with Gasteiger partial charge in [-0.05, 0) is 18.2 Å². The molecule has 1 N–H and O–H groups in total. The molecule has 0 saturated carbocycles. The number of rotatable bonds is 4. The van der Waals surface area contributed by atoms with Gasteiger partial charge >= 0.3 is 5.97 Å². The minimum Gasteiger partial charge on any atom is -0.508 e. The number of carbonyl (C=O) groups excluding carboxylic acids is 1.